The third-order valence-electron chi connectivity index (χ3n) is 4.10. The number of aromatic nitrogens is 1. The number of nitrogens with one attached hydrogen (secondary N) is 1. The Morgan fingerprint density at radius 3 is 2.85 bits per heavy atom. The molecule has 0 aliphatic carbocycles. The van der Waals surface area contributed by atoms with Gasteiger partial charge in [0, 0.05) is 25.8 Å². The van der Waals surface area contributed by atoms with Crippen LogP contribution in [-0.4, -0.2) is 24.6 Å². The molecule has 0 spiro atoms. The third kappa shape index (κ3) is 4.10. The molecule has 2 rings (SSSR count). The van der Waals surface area contributed by atoms with E-state index in [9.17, 15) is 0 Å². The second-order valence-corrected chi connectivity index (χ2v) is 6.84. The third-order valence-corrected chi connectivity index (χ3v) is 4.38. The summed E-state index contributed by atoms with van der Waals surface area (Å²) >= 11 is 6.43. The Balaban J connectivity index is 2.08. The minimum Gasteiger partial charge on any atom is -0.355 e. The van der Waals surface area contributed by atoms with Gasteiger partial charge >= 0.3 is 0 Å². The topological polar surface area (TPSA) is 28.2 Å². The van der Waals surface area contributed by atoms with Crippen LogP contribution in [0.4, 0.5) is 5.82 Å². The summed E-state index contributed by atoms with van der Waals surface area (Å²) in [6, 6.07) is 2.04. The van der Waals surface area contributed by atoms with E-state index in [4.69, 9.17) is 11.6 Å². The predicted octanol–water partition coefficient (Wildman–Crippen LogP) is 3.86. The van der Waals surface area contributed by atoms with Crippen molar-refractivity contribution in [1.29, 1.82) is 0 Å². The molecule has 1 aromatic heterocycles. The van der Waals surface area contributed by atoms with Gasteiger partial charge in [0.05, 0.1) is 5.02 Å². The first-order chi connectivity index (χ1) is 9.52. The predicted molar refractivity (Wildman–Crippen MR) is 86.5 cm³/mol. The van der Waals surface area contributed by atoms with Crippen LogP contribution in [0.2, 0.25) is 5.02 Å². The van der Waals surface area contributed by atoms with Crippen molar-refractivity contribution in [2.24, 2.45) is 5.41 Å². The lowest BCUT2D eigenvalue weighted by Crippen LogP contribution is -2.26. The molecule has 1 fully saturated rings. The fourth-order valence-corrected chi connectivity index (χ4v) is 3.01. The summed E-state index contributed by atoms with van der Waals surface area (Å²) in [6.45, 7) is 10.7. The maximum Gasteiger partial charge on any atom is 0.147 e. The van der Waals surface area contributed by atoms with Crippen LogP contribution in [-0.2, 0) is 6.54 Å². The van der Waals surface area contributed by atoms with E-state index in [2.05, 4.69) is 36.0 Å². The van der Waals surface area contributed by atoms with Gasteiger partial charge in [-0.3, -0.25) is 0 Å². The Morgan fingerprint density at radius 2 is 2.15 bits per heavy atom. The van der Waals surface area contributed by atoms with E-state index in [0.29, 0.717) is 5.41 Å². The van der Waals surface area contributed by atoms with Gasteiger partial charge in [0.2, 0.25) is 0 Å². The molecule has 1 aliphatic heterocycles. The highest BCUT2D eigenvalue weighted by atomic mass is 35.5. The standard InChI is InChI=1S/C16H26ClN3/c1-4-18-11-13-10-14(17)15(19-12-13)20-8-5-6-16(2,3)7-9-20/h10,12,18H,4-9,11H2,1-3H3. The fourth-order valence-electron chi connectivity index (χ4n) is 2.70. The largest absolute Gasteiger partial charge is 0.355 e. The smallest absolute Gasteiger partial charge is 0.147 e. The summed E-state index contributed by atoms with van der Waals surface area (Å²) in [4.78, 5) is 6.94. The van der Waals surface area contributed by atoms with E-state index in [1.54, 1.807) is 0 Å². The highest BCUT2D eigenvalue weighted by Crippen LogP contribution is 2.33. The molecule has 20 heavy (non-hydrogen) atoms. The summed E-state index contributed by atoms with van der Waals surface area (Å²) in [7, 11) is 0. The molecular weight excluding hydrogens is 270 g/mol. The second-order valence-electron chi connectivity index (χ2n) is 6.43. The van der Waals surface area contributed by atoms with E-state index < -0.39 is 0 Å². The lowest BCUT2D eigenvalue weighted by Gasteiger charge is -2.25. The van der Waals surface area contributed by atoms with Crippen molar-refractivity contribution in [2.45, 2.75) is 46.6 Å². The number of hydrogen-bond acceptors (Lipinski definition) is 3. The molecule has 2 heterocycles. The first-order valence-corrected chi connectivity index (χ1v) is 8.00. The summed E-state index contributed by atoms with van der Waals surface area (Å²) in [5, 5.41) is 4.08. The number of anilines is 1. The maximum atomic E-state index is 6.43. The quantitative estimate of drug-likeness (QED) is 0.914. The van der Waals surface area contributed by atoms with Crippen LogP contribution in [0.25, 0.3) is 0 Å². The summed E-state index contributed by atoms with van der Waals surface area (Å²) in [5.74, 6) is 0.949. The zero-order valence-electron chi connectivity index (χ0n) is 12.9. The van der Waals surface area contributed by atoms with Crippen molar-refractivity contribution in [2.75, 3.05) is 24.5 Å². The van der Waals surface area contributed by atoms with Crippen molar-refractivity contribution in [3.05, 3.63) is 22.8 Å². The molecule has 1 saturated heterocycles. The van der Waals surface area contributed by atoms with Crippen molar-refractivity contribution >= 4 is 17.4 Å². The van der Waals surface area contributed by atoms with E-state index in [1.165, 1.54) is 19.3 Å². The first kappa shape index (κ1) is 15.6. The Morgan fingerprint density at radius 1 is 1.35 bits per heavy atom. The monoisotopic (exact) mass is 295 g/mol. The summed E-state index contributed by atoms with van der Waals surface area (Å²) in [6.07, 6.45) is 5.63. The zero-order chi connectivity index (χ0) is 14.6. The summed E-state index contributed by atoms with van der Waals surface area (Å²) in [5.41, 5.74) is 1.59. The highest BCUT2D eigenvalue weighted by Gasteiger charge is 2.24. The number of nitrogens with zero attached hydrogens (tertiary/aromatic N) is 2. The number of rotatable bonds is 4. The first-order valence-electron chi connectivity index (χ1n) is 7.62. The van der Waals surface area contributed by atoms with Crippen LogP contribution in [0.1, 0.15) is 45.6 Å². The van der Waals surface area contributed by atoms with E-state index in [1.807, 2.05) is 12.3 Å². The van der Waals surface area contributed by atoms with Crippen molar-refractivity contribution in [1.82, 2.24) is 10.3 Å². The van der Waals surface area contributed by atoms with Gasteiger partial charge in [-0.25, -0.2) is 4.98 Å². The molecule has 0 atom stereocenters. The highest BCUT2D eigenvalue weighted by molar-refractivity contribution is 6.33. The molecule has 1 aromatic rings. The van der Waals surface area contributed by atoms with E-state index in [0.717, 1.165) is 42.6 Å². The van der Waals surface area contributed by atoms with Gasteiger partial charge in [0.25, 0.3) is 0 Å². The molecule has 4 heteroatoms. The van der Waals surface area contributed by atoms with Crippen LogP contribution in [0.5, 0.6) is 0 Å². The van der Waals surface area contributed by atoms with E-state index >= 15 is 0 Å². The van der Waals surface area contributed by atoms with Crippen molar-refractivity contribution < 1.29 is 0 Å². The molecule has 1 aliphatic rings. The van der Waals surface area contributed by atoms with Gasteiger partial charge in [-0.15, -0.1) is 0 Å². The van der Waals surface area contributed by atoms with Gasteiger partial charge in [0.1, 0.15) is 5.82 Å². The van der Waals surface area contributed by atoms with Gasteiger partial charge in [-0.1, -0.05) is 32.4 Å². The van der Waals surface area contributed by atoms with Crippen LogP contribution in [0.3, 0.4) is 0 Å². The summed E-state index contributed by atoms with van der Waals surface area (Å²) < 4.78 is 0. The molecular formula is C16H26ClN3. The molecule has 0 saturated carbocycles. The minimum absolute atomic E-state index is 0.437. The van der Waals surface area contributed by atoms with Gasteiger partial charge in [-0.2, -0.15) is 0 Å². The van der Waals surface area contributed by atoms with Crippen LogP contribution in [0, 0.1) is 5.41 Å². The van der Waals surface area contributed by atoms with Crippen LogP contribution >= 0.6 is 11.6 Å². The number of hydrogen-bond donors (Lipinski definition) is 1. The molecule has 3 nitrogen and oxygen atoms in total. The molecule has 0 amide bonds. The van der Waals surface area contributed by atoms with Gasteiger partial charge < -0.3 is 10.2 Å². The molecule has 0 aromatic carbocycles. The maximum absolute atomic E-state index is 6.43. The molecule has 0 radical (unpaired) electrons. The Labute approximate surface area is 127 Å². The SMILES string of the molecule is CCNCc1cnc(N2CCCC(C)(C)CC2)c(Cl)c1. The van der Waals surface area contributed by atoms with Crippen LogP contribution < -0.4 is 10.2 Å². The molecule has 0 bridgehead atoms. The van der Waals surface area contributed by atoms with Crippen molar-refractivity contribution in [3.63, 3.8) is 0 Å². The van der Waals surface area contributed by atoms with Gasteiger partial charge in [-0.05, 0) is 42.9 Å². The zero-order valence-corrected chi connectivity index (χ0v) is 13.6. The van der Waals surface area contributed by atoms with Gasteiger partial charge in [0.15, 0.2) is 0 Å². The number of pyridine rings is 1. The molecule has 1 N–H and O–H groups in total. The lowest BCUT2D eigenvalue weighted by molar-refractivity contribution is 0.325. The lowest BCUT2D eigenvalue weighted by atomic mass is 9.85. The fraction of sp³-hybridized carbons (Fsp3) is 0.688. The molecule has 0 unspecified atom stereocenters. The average molecular weight is 296 g/mol. The van der Waals surface area contributed by atoms with Crippen LogP contribution in [0.15, 0.2) is 12.3 Å². The molecule has 112 valence electrons. The normalized spacial score (nSPS) is 18.9. The average Bonchev–Trinajstić information content (AvgIpc) is 2.58. The van der Waals surface area contributed by atoms with Crippen molar-refractivity contribution in [3.8, 4) is 0 Å². The second kappa shape index (κ2) is 6.77. The van der Waals surface area contributed by atoms with E-state index in [-0.39, 0.29) is 0 Å². The Bertz CT molecular complexity index is 445. The number of halogens is 1. The Kier molecular flexibility index (Phi) is 5.28. The Hall–Kier alpha value is -0.800. The minimum atomic E-state index is 0.437.